The van der Waals surface area contributed by atoms with E-state index in [0.717, 1.165) is 6.54 Å². The topological polar surface area (TPSA) is 38.3 Å². The normalized spacial score (nSPS) is 12.0. The van der Waals surface area contributed by atoms with Crippen molar-refractivity contribution in [3.63, 3.8) is 0 Å². The fourth-order valence-electron chi connectivity index (χ4n) is 0.698. The molecule has 0 aliphatic heterocycles. The average Bonchev–Trinajstić information content (AvgIpc) is 2.10. The first-order valence-electron chi connectivity index (χ1n) is 4.14. The lowest BCUT2D eigenvalue weighted by Gasteiger charge is -2.07. The molecule has 1 unspecified atom stereocenters. The van der Waals surface area contributed by atoms with Crippen LogP contribution in [0.25, 0.3) is 0 Å². The summed E-state index contributed by atoms with van der Waals surface area (Å²) >= 11 is 2.07. The van der Waals surface area contributed by atoms with Crippen LogP contribution in [0.15, 0.2) is 11.6 Å². The summed E-state index contributed by atoms with van der Waals surface area (Å²) in [7, 11) is 1.41. The number of carbonyl (C=O) groups is 1. The number of rotatable bonds is 5. The van der Waals surface area contributed by atoms with E-state index >= 15 is 0 Å². The predicted octanol–water partition coefficient (Wildman–Crippen LogP) is 1.52. The van der Waals surface area contributed by atoms with Gasteiger partial charge in [0.1, 0.15) is 3.92 Å². The molecule has 0 bridgehead atoms. The second-order valence-corrected chi connectivity index (χ2v) is 4.43. The van der Waals surface area contributed by atoms with Crippen molar-refractivity contribution < 1.29 is 9.53 Å². The number of alkyl halides is 1. The van der Waals surface area contributed by atoms with Gasteiger partial charge in [-0.2, -0.15) is 0 Å². The number of esters is 1. The zero-order chi connectivity index (χ0) is 10.3. The molecule has 0 heterocycles. The van der Waals surface area contributed by atoms with Crippen LogP contribution in [0.2, 0.25) is 0 Å². The van der Waals surface area contributed by atoms with Crippen LogP contribution in [-0.4, -0.2) is 30.1 Å². The van der Waals surface area contributed by atoms with Gasteiger partial charge in [0.15, 0.2) is 0 Å². The third-order valence-corrected chi connectivity index (χ3v) is 2.38. The van der Waals surface area contributed by atoms with Gasteiger partial charge in [0.05, 0.1) is 7.11 Å². The summed E-state index contributed by atoms with van der Waals surface area (Å²) in [6.45, 7) is 5.54. The Balaban J connectivity index is 3.53. The van der Waals surface area contributed by atoms with Crippen LogP contribution in [0, 0.1) is 0 Å². The van der Waals surface area contributed by atoms with Crippen LogP contribution in [0.5, 0.6) is 0 Å². The molecule has 0 radical (unpaired) electrons. The maximum atomic E-state index is 11.0. The van der Waals surface area contributed by atoms with E-state index in [-0.39, 0.29) is 9.89 Å². The number of hydrogen-bond donors (Lipinski definition) is 1. The Morgan fingerprint density at radius 2 is 2.23 bits per heavy atom. The molecule has 0 fully saturated rings. The minimum absolute atomic E-state index is 0.104. The Hall–Kier alpha value is -0.100. The highest BCUT2D eigenvalue weighted by Gasteiger charge is 2.13. The molecule has 1 N–H and O–H groups in total. The smallest absolute Gasteiger partial charge is 0.319 e. The standard InChI is InChI=1S/C9H16INO2/c1-7(2)4-5-11-6-8(10)9(12)13-3/h4,8,11H,5-6H2,1-3H3. The van der Waals surface area contributed by atoms with Gasteiger partial charge < -0.3 is 10.1 Å². The van der Waals surface area contributed by atoms with Crippen molar-refractivity contribution >= 4 is 28.6 Å². The molecule has 0 aliphatic rings. The number of nitrogens with one attached hydrogen (secondary N) is 1. The highest BCUT2D eigenvalue weighted by atomic mass is 127. The average molecular weight is 297 g/mol. The number of halogens is 1. The third kappa shape index (κ3) is 7.01. The van der Waals surface area contributed by atoms with Gasteiger partial charge in [-0.25, -0.2) is 0 Å². The Morgan fingerprint density at radius 1 is 1.62 bits per heavy atom. The third-order valence-electron chi connectivity index (χ3n) is 1.44. The van der Waals surface area contributed by atoms with Crippen molar-refractivity contribution in [1.29, 1.82) is 0 Å². The van der Waals surface area contributed by atoms with E-state index < -0.39 is 0 Å². The van der Waals surface area contributed by atoms with Crippen LogP contribution in [-0.2, 0) is 9.53 Å². The number of allylic oxidation sites excluding steroid dienone is 1. The van der Waals surface area contributed by atoms with Gasteiger partial charge in [0, 0.05) is 13.1 Å². The molecule has 0 rings (SSSR count). The van der Waals surface area contributed by atoms with Crippen molar-refractivity contribution in [3.8, 4) is 0 Å². The van der Waals surface area contributed by atoms with Crippen LogP contribution in [0.1, 0.15) is 13.8 Å². The number of hydrogen-bond acceptors (Lipinski definition) is 3. The van der Waals surface area contributed by atoms with E-state index in [9.17, 15) is 4.79 Å². The molecule has 3 nitrogen and oxygen atoms in total. The first-order valence-corrected chi connectivity index (χ1v) is 5.38. The summed E-state index contributed by atoms with van der Waals surface area (Å²) in [5, 5.41) is 3.15. The molecule has 76 valence electrons. The van der Waals surface area contributed by atoms with Gasteiger partial charge in [-0.05, 0) is 13.8 Å². The lowest BCUT2D eigenvalue weighted by Crippen LogP contribution is -2.29. The summed E-state index contributed by atoms with van der Waals surface area (Å²) in [5.41, 5.74) is 1.27. The molecule has 4 heteroatoms. The molecule has 1 atom stereocenters. The largest absolute Gasteiger partial charge is 0.468 e. The summed E-state index contributed by atoms with van der Waals surface area (Å²) in [6.07, 6.45) is 2.08. The van der Waals surface area contributed by atoms with Crippen molar-refractivity contribution in [2.24, 2.45) is 0 Å². The molecule has 0 saturated heterocycles. The number of ether oxygens (including phenoxy) is 1. The van der Waals surface area contributed by atoms with Crippen molar-refractivity contribution in [2.75, 3.05) is 20.2 Å². The summed E-state index contributed by atoms with van der Waals surface area (Å²) in [5.74, 6) is -0.176. The van der Waals surface area contributed by atoms with Gasteiger partial charge in [0.2, 0.25) is 0 Å². The van der Waals surface area contributed by atoms with E-state index in [2.05, 4.69) is 38.7 Å². The molecule has 0 saturated carbocycles. The first kappa shape index (κ1) is 12.9. The summed E-state index contributed by atoms with van der Waals surface area (Å²) in [4.78, 5) is 11.0. The second-order valence-electron chi connectivity index (χ2n) is 2.93. The minimum Gasteiger partial charge on any atom is -0.468 e. The molecule has 0 spiro atoms. The van der Waals surface area contributed by atoms with Crippen molar-refractivity contribution in [1.82, 2.24) is 5.32 Å². The number of methoxy groups -OCH3 is 1. The quantitative estimate of drug-likeness (QED) is 0.275. The summed E-state index contributed by atoms with van der Waals surface area (Å²) < 4.78 is 4.48. The van der Waals surface area contributed by atoms with E-state index in [1.807, 2.05) is 13.8 Å². The fraction of sp³-hybridized carbons (Fsp3) is 0.667. The van der Waals surface area contributed by atoms with Crippen molar-refractivity contribution in [3.05, 3.63) is 11.6 Å². The predicted molar refractivity (Wildman–Crippen MR) is 62.1 cm³/mol. The molecule has 0 aromatic heterocycles. The minimum atomic E-state index is -0.176. The molecule has 0 aromatic rings. The number of carbonyl (C=O) groups excluding carboxylic acids is 1. The summed E-state index contributed by atoms with van der Waals surface area (Å²) in [6, 6.07) is 0. The van der Waals surface area contributed by atoms with E-state index in [1.54, 1.807) is 0 Å². The molecule has 0 aliphatic carbocycles. The van der Waals surface area contributed by atoms with Crippen LogP contribution in [0.3, 0.4) is 0 Å². The lowest BCUT2D eigenvalue weighted by molar-refractivity contribution is -0.139. The van der Waals surface area contributed by atoms with Crippen LogP contribution >= 0.6 is 22.6 Å². The van der Waals surface area contributed by atoms with Crippen LogP contribution < -0.4 is 5.32 Å². The zero-order valence-corrected chi connectivity index (χ0v) is 10.4. The highest BCUT2D eigenvalue weighted by Crippen LogP contribution is 2.00. The van der Waals surface area contributed by atoms with E-state index in [4.69, 9.17) is 0 Å². The van der Waals surface area contributed by atoms with Gasteiger partial charge in [-0.1, -0.05) is 34.2 Å². The van der Waals surface area contributed by atoms with Gasteiger partial charge in [-0.3, -0.25) is 4.79 Å². The van der Waals surface area contributed by atoms with Gasteiger partial charge in [-0.15, -0.1) is 0 Å². The zero-order valence-electron chi connectivity index (χ0n) is 8.26. The van der Waals surface area contributed by atoms with Crippen molar-refractivity contribution in [2.45, 2.75) is 17.8 Å². The Bertz CT molecular complexity index is 188. The van der Waals surface area contributed by atoms with E-state index in [0.29, 0.717) is 6.54 Å². The molecular formula is C9H16INO2. The molecule has 0 aromatic carbocycles. The second kappa shape index (κ2) is 7.32. The highest BCUT2D eigenvalue weighted by molar-refractivity contribution is 14.1. The van der Waals surface area contributed by atoms with Gasteiger partial charge in [0.25, 0.3) is 0 Å². The molecule has 0 amide bonds. The lowest BCUT2D eigenvalue weighted by atomic mass is 10.3. The van der Waals surface area contributed by atoms with Crippen LogP contribution in [0.4, 0.5) is 0 Å². The van der Waals surface area contributed by atoms with Gasteiger partial charge >= 0.3 is 5.97 Å². The van der Waals surface area contributed by atoms with E-state index in [1.165, 1.54) is 12.7 Å². The maximum absolute atomic E-state index is 11.0. The Kier molecular flexibility index (Phi) is 7.26. The SMILES string of the molecule is COC(=O)C(I)CNCC=C(C)C. The Morgan fingerprint density at radius 3 is 2.69 bits per heavy atom. The Labute approximate surface area is 93.1 Å². The molecule has 13 heavy (non-hydrogen) atoms. The molecular weight excluding hydrogens is 281 g/mol. The monoisotopic (exact) mass is 297 g/mol. The maximum Gasteiger partial charge on any atom is 0.319 e. The fourth-order valence-corrected chi connectivity index (χ4v) is 1.26. The first-order chi connectivity index (χ1) is 6.07.